The smallest absolute Gasteiger partial charge is 0.346 e. The van der Waals surface area contributed by atoms with Crippen molar-refractivity contribution in [2.45, 2.75) is 12.8 Å². The second kappa shape index (κ2) is 5.79. The summed E-state index contributed by atoms with van der Waals surface area (Å²) in [6.07, 6.45) is 1.35. The summed E-state index contributed by atoms with van der Waals surface area (Å²) in [7, 11) is 1.64. The quantitative estimate of drug-likeness (QED) is 0.737. The topological polar surface area (TPSA) is 52.3 Å². The number of rotatable bonds is 4. The number of nitrogens with zero attached hydrogens (tertiary/aromatic N) is 1. The Labute approximate surface area is 122 Å². The Kier molecular flexibility index (Phi) is 3.69. The van der Waals surface area contributed by atoms with Gasteiger partial charge in [0.25, 0.3) is 0 Å². The fourth-order valence-electron chi connectivity index (χ4n) is 2.21. The van der Waals surface area contributed by atoms with E-state index in [1.54, 1.807) is 19.2 Å². The largest absolute Gasteiger partial charge is 0.497 e. The molecular formula is C17H15NO3. The Morgan fingerprint density at radius 2 is 1.81 bits per heavy atom. The number of methoxy groups -OCH3 is 1. The standard InChI is InChI=1S/C17H15NO3/c1-20-13-9-6-12(7-10-13)8-11-16-18-15-5-3-2-4-14(15)17(19)21-16/h2-7,9-10H,8,11H2,1H3. The van der Waals surface area contributed by atoms with Gasteiger partial charge in [-0.15, -0.1) is 0 Å². The minimum atomic E-state index is -0.328. The zero-order chi connectivity index (χ0) is 14.7. The SMILES string of the molecule is COc1ccc(CCc2nc3ccccc3c(=O)o2)cc1. The van der Waals surface area contributed by atoms with Crippen LogP contribution < -0.4 is 10.4 Å². The molecule has 0 saturated carbocycles. The summed E-state index contributed by atoms with van der Waals surface area (Å²) in [5.41, 5.74) is 1.50. The van der Waals surface area contributed by atoms with Gasteiger partial charge in [-0.3, -0.25) is 0 Å². The molecule has 0 atom stereocenters. The van der Waals surface area contributed by atoms with Crippen LogP contribution in [0.5, 0.6) is 5.75 Å². The van der Waals surface area contributed by atoms with Crippen LogP contribution >= 0.6 is 0 Å². The van der Waals surface area contributed by atoms with E-state index >= 15 is 0 Å². The molecule has 0 aliphatic rings. The molecule has 4 heteroatoms. The fourth-order valence-corrected chi connectivity index (χ4v) is 2.21. The summed E-state index contributed by atoms with van der Waals surface area (Å²) in [5, 5.41) is 0.519. The normalized spacial score (nSPS) is 10.7. The van der Waals surface area contributed by atoms with Crippen LogP contribution in [0.15, 0.2) is 57.7 Å². The van der Waals surface area contributed by atoms with Crippen LogP contribution in [0.4, 0.5) is 0 Å². The molecule has 2 aromatic carbocycles. The number of ether oxygens (including phenoxy) is 1. The third-order valence-electron chi connectivity index (χ3n) is 3.37. The van der Waals surface area contributed by atoms with Crippen molar-refractivity contribution in [1.29, 1.82) is 0 Å². The first-order chi connectivity index (χ1) is 10.3. The number of aromatic nitrogens is 1. The number of para-hydroxylation sites is 1. The number of hydrogen-bond donors (Lipinski definition) is 0. The highest BCUT2D eigenvalue weighted by molar-refractivity contribution is 5.76. The van der Waals surface area contributed by atoms with E-state index in [1.165, 1.54) is 0 Å². The van der Waals surface area contributed by atoms with Gasteiger partial charge in [-0.25, -0.2) is 9.78 Å². The second-order valence-electron chi connectivity index (χ2n) is 4.76. The van der Waals surface area contributed by atoms with Crippen molar-refractivity contribution in [3.8, 4) is 5.75 Å². The van der Waals surface area contributed by atoms with Crippen molar-refractivity contribution in [2.24, 2.45) is 0 Å². The summed E-state index contributed by atoms with van der Waals surface area (Å²) < 4.78 is 10.4. The number of hydrogen-bond acceptors (Lipinski definition) is 4. The van der Waals surface area contributed by atoms with Gasteiger partial charge in [0, 0.05) is 6.42 Å². The fraction of sp³-hybridized carbons (Fsp3) is 0.176. The van der Waals surface area contributed by atoms with Crippen LogP contribution in [-0.2, 0) is 12.8 Å². The second-order valence-corrected chi connectivity index (χ2v) is 4.76. The van der Waals surface area contributed by atoms with Crippen LogP contribution in [0.25, 0.3) is 10.9 Å². The zero-order valence-corrected chi connectivity index (χ0v) is 11.7. The molecule has 21 heavy (non-hydrogen) atoms. The average molecular weight is 281 g/mol. The monoisotopic (exact) mass is 281 g/mol. The summed E-state index contributed by atoms with van der Waals surface area (Å²) >= 11 is 0. The van der Waals surface area contributed by atoms with E-state index in [4.69, 9.17) is 9.15 Å². The zero-order valence-electron chi connectivity index (χ0n) is 11.7. The van der Waals surface area contributed by atoms with Crippen molar-refractivity contribution in [3.63, 3.8) is 0 Å². The summed E-state index contributed by atoms with van der Waals surface area (Å²) in [6.45, 7) is 0. The highest BCUT2D eigenvalue weighted by Crippen LogP contribution is 2.13. The minimum absolute atomic E-state index is 0.328. The molecule has 3 rings (SSSR count). The number of benzene rings is 2. The molecule has 4 nitrogen and oxygen atoms in total. The van der Waals surface area contributed by atoms with Gasteiger partial charge >= 0.3 is 5.63 Å². The lowest BCUT2D eigenvalue weighted by molar-refractivity contribution is 0.414. The van der Waals surface area contributed by atoms with Crippen LogP contribution in [0, 0.1) is 0 Å². The van der Waals surface area contributed by atoms with Crippen molar-refractivity contribution in [2.75, 3.05) is 7.11 Å². The van der Waals surface area contributed by atoms with Crippen LogP contribution in [0.1, 0.15) is 11.5 Å². The molecule has 0 bridgehead atoms. The van der Waals surface area contributed by atoms with Crippen molar-refractivity contribution >= 4 is 10.9 Å². The lowest BCUT2D eigenvalue weighted by Gasteiger charge is -2.03. The molecule has 0 aliphatic heterocycles. The lowest BCUT2D eigenvalue weighted by Crippen LogP contribution is -2.06. The van der Waals surface area contributed by atoms with E-state index in [1.807, 2.05) is 36.4 Å². The molecule has 3 aromatic rings. The van der Waals surface area contributed by atoms with Gasteiger partial charge in [0.05, 0.1) is 18.0 Å². The maximum Gasteiger partial charge on any atom is 0.346 e. The van der Waals surface area contributed by atoms with Gasteiger partial charge in [-0.2, -0.15) is 0 Å². The van der Waals surface area contributed by atoms with E-state index in [-0.39, 0.29) is 5.63 Å². The number of aryl methyl sites for hydroxylation is 2. The summed E-state index contributed by atoms with van der Waals surface area (Å²) in [5.74, 6) is 1.30. The third-order valence-corrected chi connectivity index (χ3v) is 3.37. The van der Waals surface area contributed by atoms with Gasteiger partial charge < -0.3 is 9.15 Å². The molecule has 1 aromatic heterocycles. The molecular weight excluding hydrogens is 266 g/mol. The number of fused-ring (bicyclic) bond motifs is 1. The molecule has 0 spiro atoms. The third kappa shape index (κ3) is 2.94. The van der Waals surface area contributed by atoms with Gasteiger partial charge in [0.2, 0.25) is 0 Å². The maximum absolute atomic E-state index is 11.9. The molecule has 0 N–H and O–H groups in total. The van der Waals surface area contributed by atoms with Gasteiger partial charge in [0.1, 0.15) is 5.75 Å². The Balaban J connectivity index is 1.80. The highest BCUT2D eigenvalue weighted by Gasteiger charge is 2.06. The molecule has 1 heterocycles. The van der Waals surface area contributed by atoms with E-state index in [0.717, 1.165) is 17.7 Å². The predicted octanol–water partition coefficient (Wildman–Crippen LogP) is 2.98. The van der Waals surface area contributed by atoms with Gasteiger partial charge in [-0.05, 0) is 36.2 Å². The predicted molar refractivity (Wildman–Crippen MR) is 80.7 cm³/mol. The highest BCUT2D eigenvalue weighted by atomic mass is 16.5. The lowest BCUT2D eigenvalue weighted by atomic mass is 10.1. The molecule has 0 aliphatic carbocycles. The van der Waals surface area contributed by atoms with E-state index in [2.05, 4.69) is 4.98 Å². The molecule has 0 radical (unpaired) electrons. The van der Waals surface area contributed by atoms with Crippen LogP contribution in [0.3, 0.4) is 0 Å². The van der Waals surface area contributed by atoms with E-state index in [9.17, 15) is 4.79 Å². The van der Waals surface area contributed by atoms with E-state index < -0.39 is 0 Å². The van der Waals surface area contributed by atoms with Crippen LogP contribution in [-0.4, -0.2) is 12.1 Å². The van der Waals surface area contributed by atoms with Gasteiger partial charge in [-0.1, -0.05) is 24.3 Å². The summed E-state index contributed by atoms with van der Waals surface area (Å²) in [6, 6.07) is 15.0. The first kappa shape index (κ1) is 13.4. The summed E-state index contributed by atoms with van der Waals surface area (Å²) in [4.78, 5) is 16.3. The van der Waals surface area contributed by atoms with Gasteiger partial charge in [0.15, 0.2) is 5.89 Å². The molecule has 0 amide bonds. The first-order valence-corrected chi connectivity index (χ1v) is 6.78. The Morgan fingerprint density at radius 3 is 2.57 bits per heavy atom. The molecule has 106 valence electrons. The first-order valence-electron chi connectivity index (χ1n) is 6.78. The minimum Gasteiger partial charge on any atom is -0.497 e. The van der Waals surface area contributed by atoms with E-state index in [0.29, 0.717) is 23.2 Å². The Morgan fingerprint density at radius 1 is 1.05 bits per heavy atom. The molecule has 0 saturated heterocycles. The Bertz CT molecular complexity index is 806. The Hall–Kier alpha value is -2.62. The maximum atomic E-state index is 11.9. The molecule has 0 unspecified atom stereocenters. The van der Waals surface area contributed by atoms with Crippen LogP contribution in [0.2, 0.25) is 0 Å². The van der Waals surface area contributed by atoms with Crippen molar-refractivity contribution in [3.05, 3.63) is 70.4 Å². The van der Waals surface area contributed by atoms with Crippen molar-refractivity contribution in [1.82, 2.24) is 4.98 Å². The van der Waals surface area contributed by atoms with Crippen molar-refractivity contribution < 1.29 is 9.15 Å². The molecule has 0 fully saturated rings. The average Bonchev–Trinajstić information content (AvgIpc) is 2.53.